The van der Waals surface area contributed by atoms with Gasteiger partial charge in [-0.15, -0.1) is 0 Å². The molecule has 0 radical (unpaired) electrons. The molecule has 0 atom stereocenters. The van der Waals surface area contributed by atoms with Crippen molar-refractivity contribution in [2.45, 2.75) is 0 Å². The second-order valence-electron chi connectivity index (χ2n) is 5.76. The van der Waals surface area contributed by atoms with Crippen LogP contribution in [0.25, 0.3) is 0 Å². The zero-order chi connectivity index (χ0) is 20.8. The van der Waals surface area contributed by atoms with Crippen molar-refractivity contribution < 1.29 is 23.5 Å². The van der Waals surface area contributed by atoms with E-state index in [2.05, 4.69) is 10.6 Å². The predicted molar refractivity (Wildman–Crippen MR) is 108 cm³/mol. The third-order valence-electron chi connectivity index (χ3n) is 3.62. The summed E-state index contributed by atoms with van der Waals surface area (Å²) in [5.41, 5.74) is 0.682. The van der Waals surface area contributed by atoms with Gasteiger partial charge in [-0.1, -0.05) is 35.3 Å². The highest BCUT2D eigenvalue weighted by Crippen LogP contribution is 2.22. The Hall–Kier alpha value is -3.29. The second kappa shape index (κ2) is 9.27. The highest BCUT2D eigenvalue weighted by Gasteiger charge is 2.17. The van der Waals surface area contributed by atoms with E-state index in [1.54, 1.807) is 18.2 Å². The Labute approximate surface area is 175 Å². The molecule has 2 aromatic carbocycles. The molecule has 0 fully saturated rings. The van der Waals surface area contributed by atoms with E-state index in [4.69, 9.17) is 32.4 Å². The molecule has 0 bridgehead atoms. The van der Waals surface area contributed by atoms with E-state index in [1.165, 1.54) is 42.7 Å². The molecule has 9 heteroatoms. The quantitative estimate of drug-likeness (QED) is 0.553. The largest absolute Gasteiger partial charge is 0.459 e. The first-order valence-corrected chi connectivity index (χ1v) is 9.05. The smallest absolute Gasteiger partial charge is 0.340 e. The van der Waals surface area contributed by atoms with Crippen LogP contribution >= 0.6 is 23.2 Å². The highest BCUT2D eigenvalue weighted by molar-refractivity contribution is 6.35. The molecular formula is C20H14Cl2N2O5. The number of rotatable bonds is 6. The summed E-state index contributed by atoms with van der Waals surface area (Å²) in [6.45, 7) is -0.538. The fourth-order valence-electron chi connectivity index (χ4n) is 2.39. The third kappa shape index (κ3) is 5.60. The molecule has 2 N–H and O–H groups in total. The van der Waals surface area contributed by atoms with Gasteiger partial charge >= 0.3 is 5.97 Å². The van der Waals surface area contributed by atoms with E-state index in [0.29, 0.717) is 15.7 Å². The van der Waals surface area contributed by atoms with Gasteiger partial charge in [0.05, 0.1) is 17.5 Å². The summed E-state index contributed by atoms with van der Waals surface area (Å²) < 4.78 is 10.1. The molecule has 3 rings (SSSR count). The summed E-state index contributed by atoms with van der Waals surface area (Å²) in [5.74, 6) is -1.79. The van der Waals surface area contributed by atoms with E-state index in [9.17, 15) is 14.4 Å². The lowest BCUT2D eigenvalue weighted by Gasteiger charge is -2.11. The summed E-state index contributed by atoms with van der Waals surface area (Å²) in [7, 11) is 0. The van der Waals surface area contributed by atoms with Crippen LogP contribution in [0, 0.1) is 0 Å². The number of hydrogen-bond donors (Lipinski definition) is 2. The summed E-state index contributed by atoms with van der Waals surface area (Å²) in [6.07, 6.45) is 1.36. The normalized spacial score (nSPS) is 10.3. The minimum Gasteiger partial charge on any atom is -0.459 e. The number of furan rings is 1. The number of ether oxygens (including phenoxy) is 1. The lowest BCUT2D eigenvalue weighted by molar-refractivity contribution is -0.119. The maximum absolute atomic E-state index is 12.4. The van der Waals surface area contributed by atoms with Crippen molar-refractivity contribution in [1.82, 2.24) is 0 Å². The molecule has 1 aromatic heterocycles. The van der Waals surface area contributed by atoms with Crippen LogP contribution in [0.15, 0.2) is 65.3 Å². The van der Waals surface area contributed by atoms with Crippen molar-refractivity contribution in [3.63, 3.8) is 0 Å². The molecule has 0 saturated carbocycles. The Kier molecular flexibility index (Phi) is 6.54. The van der Waals surface area contributed by atoms with Gasteiger partial charge in [-0.25, -0.2) is 4.79 Å². The number of para-hydroxylation sites is 1. The van der Waals surface area contributed by atoms with Crippen LogP contribution in [0.5, 0.6) is 0 Å². The molecule has 1 heterocycles. The van der Waals surface area contributed by atoms with Gasteiger partial charge in [0.2, 0.25) is 0 Å². The summed E-state index contributed by atoms with van der Waals surface area (Å²) in [5, 5.41) is 5.80. The summed E-state index contributed by atoms with van der Waals surface area (Å²) >= 11 is 11.7. The molecule has 7 nitrogen and oxygen atoms in total. The first-order valence-electron chi connectivity index (χ1n) is 8.29. The van der Waals surface area contributed by atoms with Gasteiger partial charge in [-0.2, -0.15) is 0 Å². The molecule has 0 spiro atoms. The SMILES string of the molecule is O=C(COC(=O)c1ccccc1NC(=O)c1ccco1)Nc1cc(Cl)cc(Cl)c1. The van der Waals surface area contributed by atoms with Gasteiger partial charge in [-0.3, -0.25) is 9.59 Å². The van der Waals surface area contributed by atoms with Crippen LogP contribution in [0.1, 0.15) is 20.9 Å². The Morgan fingerprint density at radius 2 is 1.66 bits per heavy atom. The lowest BCUT2D eigenvalue weighted by Crippen LogP contribution is -2.22. The van der Waals surface area contributed by atoms with Crippen molar-refractivity contribution in [1.29, 1.82) is 0 Å². The Balaban J connectivity index is 1.62. The standard InChI is InChI=1S/C20H14Cl2N2O5/c21-12-8-13(22)10-14(9-12)23-18(25)11-29-20(27)15-4-1-2-5-16(15)24-19(26)17-6-3-7-28-17/h1-10H,11H2,(H,23,25)(H,24,26). The van der Waals surface area contributed by atoms with Crippen LogP contribution in [0.3, 0.4) is 0 Å². The van der Waals surface area contributed by atoms with Crippen molar-refractivity contribution in [2.24, 2.45) is 0 Å². The molecule has 0 aliphatic carbocycles. The van der Waals surface area contributed by atoms with Gasteiger partial charge < -0.3 is 19.8 Å². The number of amides is 2. The number of hydrogen-bond acceptors (Lipinski definition) is 5. The minimum absolute atomic E-state index is 0.0889. The molecule has 148 valence electrons. The van der Waals surface area contributed by atoms with E-state index in [0.717, 1.165) is 0 Å². The van der Waals surface area contributed by atoms with Gasteiger partial charge in [0.25, 0.3) is 11.8 Å². The van der Waals surface area contributed by atoms with E-state index >= 15 is 0 Å². The predicted octanol–water partition coefficient (Wildman–Crippen LogP) is 4.63. The maximum atomic E-state index is 12.4. The zero-order valence-corrected chi connectivity index (χ0v) is 16.3. The number of carbonyl (C=O) groups excluding carboxylic acids is 3. The van der Waals surface area contributed by atoms with Gasteiger partial charge in [0.15, 0.2) is 12.4 Å². The molecular weight excluding hydrogens is 419 g/mol. The number of nitrogens with one attached hydrogen (secondary N) is 2. The van der Waals surface area contributed by atoms with Crippen LogP contribution < -0.4 is 10.6 Å². The van der Waals surface area contributed by atoms with Crippen molar-refractivity contribution in [3.8, 4) is 0 Å². The summed E-state index contributed by atoms with van der Waals surface area (Å²) in [6, 6.07) is 13.8. The zero-order valence-electron chi connectivity index (χ0n) is 14.8. The second-order valence-corrected chi connectivity index (χ2v) is 6.63. The van der Waals surface area contributed by atoms with Crippen LogP contribution in [0.2, 0.25) is 10.0 Å². The molecule has 0 aliphatic rings. The number of carbonyl (C=O) groups is 3. The molecule has 0 aliphatic heterocycles. The monoisotopic (exact) mass is 432 g/mol. The lowest BCUT2D eigenvalue weighted by atomic mass is 10.1. The maximum Gasteiger partial charge on any atom is 0.340 e. The van der Waals surface area contributed by atoms with Crippen molar-refractivity contribution in [3.05, 3.63) is 82.2 Å². The fraction of sp³-hybridized carbons (Fsp3) is 0.0500. The van der Waals surface area contributed by atoms with E-state index in [1.807, 2.05) is 0 Å². The van der Waals surface area contributed by atoms with Crippen molar-refractivity contribution in [2.75, 3.05) is 17.2 Å². The molecule has 2 amide bonds. The van der Waals surface area contributed by atoms with Crippen LogP contribution in [-0.4, -0.2) is 24.4 Å². The van der Waals surface area contributed by atoms with Gasteiger partial charge in [0.1, 0.15) is 0 Å². The first kappa shape index (κ1) is 20.4. The average molecular weight is 433 g/mol. The average Bonchev–Trinajstić information content (AvgIpc) is 3.20. The first-order chi connectivity index (χ1) is 13.9. The molecule has 0 unspecified atom stereocenters. The minimum atomic E-state index is -0.778. The van der Waals surface area contributed by atoms with Gasteiger partial charge in [0, 0.05) is 15.7 Å². The van der Waals surface area contributed by atoms with E-state index < -0.39 is 24.4 Å². The van der Waals surface area contributed by atoms with Crippen molar-refractivity contribution >= 4 is 52.4 Å². The number of halogens is 2. The highest BCUT2D eigenvalue weighted by atomic mass is 35.5. The Morgan fingerprint density at radius 3 is 2.34 bits per heavy atom. The Morgan fingerprint density at radius 1 is 0.931 bits per heavy atom. The molecule has 29 heavy (non-hydrogen) atoms. The third-order valence-corrected chi connectivity index (χ3v) is 4.06. The van der Waals surface area contributed by atoms with Crippen LogP contribution in [0.4, 0.5) is 11.4 Å². The summed E-state index contributed by atoms with van der Waals surface area (Å²) in [4.78, 5) is 36.5. The molecule has 3 aromatic rings. The number of benzene rings is 2. The van der Waals surface area contributed by atoms with Gasteiger partial charge in [-0.05, 0) is 42.5 Å². The number of esters is 1. The Bertz CT molecular complexity index is 1030. The van der Waals surface area contributed by atoms with E-state index in [-0.39, 0.29) is 17.0 Å². The van der Waals surface area contributed by atoms with Crippen LogP contribution in [-0.2, 0) is 9.53 Å². The molecule has 0 saturated heterocycles. The number of anilines is 2. The topological polar surface area (TPSA) is 97.6 Å². The fourth-order valence-corrected chi connectivity index (χ4v) is 2.92.